The number of amides is 2. The average Bonchev–Trinajstić information content (AvgIpc) is 3.53. The molecule has 2 atom stereocenters. The van der Waals surface area contributed by atoms with E-state index in [1.165, 1.54) is 22.0 Å². The highest BCUT2D eigenvalue weighted by atomic mass is 32.2. The topological polar surface area (TPSA) is 155 Å². The van der Waals surface area contributed by atoms with Crippen molar-refractivity contribution in [3.63, 3.8) is 0 Å². The van der Waals surface area contributed by atoms with Gasteiger partial charge in [0.05, 0.1) is 6.20 Å². The van der Waals surface area contributed by atoms with E-state index in [1.54, 1.807) is 0 Å². The summed E-state index contributed by atoms with van der Waals surface area (Å²) < 4.78 is 16.2. The Bertz CT molecular complexity index is 1450. The number of carbonyl (C=O) groups excluding carboxylic acids is 2. The van der Waals surface area contributed by atoms with E-state index in [-0.39, 0.29) is 35.4 Å². The predicted molar refractivity (Wildman–Crippen MR) is 132 cm³/mol. The highest BCUT2D eigenvalue weighted by molar-refractivity contribution is 8.00. The number of halogens is 1. The summed E-state index contributed by atoms with van der Waals surface area (Å²) in [7, 11) is 0. The fourth-order valence-corrected chi connectivity index (χ4v) is 5.98. The quantitative estimate of drug-likeness (QED) is 0.114. The monoisotopic (exact) mass is 546 g/mol. The summed E-state index contributed by atoms with van der Waals surface area (Å²) in [5.74, 6) is -2.20. The molecule has 4 N–H and O–H groups in total. The fourth-order valence-electron chi connectivity index (χ4n) is 4.10. The molecule has 2 amide bonds. The van der Waals surface area contributed by atoms with Crippen LogP contribution in [0.5, 0.6) is 0 Å². The van der Waals surface area contributed by atoms with Crippen LogP contribution in [-0.2, 0) is 25.8 Å². The lowest BCUT2D eigenvalue weighted by Gasteiger charge is -2.49. The number of rotatable bonds is 9. The second kappa shape index (κ2) is 10.2. The van der Waals surface area contributed by atoms with Crippen molar-refractivity contribution in [2.24, 2.45) is 5.16 Å². The van der Waals surface area contributed by atoms with Gasteiger partial charge in [-0.3, -0.25) is 14.5 Å². The number of aromatic nitrogens is 3. The number of thiazole rings is 1. The minimum atomic E-state index is -1.22. The lowest BCUT2D eigenvalue weighted by atomic mass is 10.0. The van der Waals surface area contributed by atoms with Gasteiger partial charge in [-0.15, -0.1) is 23.1 Å². The molecule has 1 saturated heterocycles. The van der Waals surface area contributed by atoms with E-state index >= 15 is 0 Å². The van der Waals surface area contributed by atoms with E-state index in [4.69, 9.17) is 10.6 Å². The number of nitrogens with zero attached hydrogens (tertiary/aromatic N) is 5. The number of fused-ring (bicyclic) bond motifs is 2. The number of carboxylic acids is 1. The molecule has 0 aliphatic carbocycles. The molecule has 2 aliphatic heterocycles. The first kappa shape index (κ1) is 24.7. The molecule has 2 aliphatic rings. The zero-order chi connectivity index (χ0) is 26.1. The minimum absolute atomic E-state index is 0.0885. The summed E-state index contributed by atoms with van der Waals surface area (Å²) in [5, 5.41) is 17.3. The first-order valence-corrected chi connectivity index (χ1v) is 12.9. The molecule has 0 spiro atoms. The largest absolute Gasteiger partial charge is 0.477 e. The molecular formula is C22H21FN7O5S2+. The lowest BCUT2D eigenvalue weighted by molar-refractivity contribution is -0.688. The van der Waals surface area contributed by atoms with E-state index in [2.05, 4.69) is 15.5 Å². The standard InChI is InChI=1S/C22H20FN7O5S2/c23-3-7-35-27-15(14-11-37-22(24)25-14)18(31)26-16-19(32)30-17(21(33)34)12(10-36-20(16)30)8-28-5-6-29-4-1-2-13(29)9-28/h1-2,4-6,9,11,16,20H,3,7-8,10H2,(H3-,24,25,26,31,33,34)/p+1/b27-15-/t16-,20+/m1/s1. The van der Waals surface area contributed by atoms with Crippen LogP contribution in [0.15, 0.2) is 58.7 Å². The number of oxime groups is 1. The Morgan fingerprint density at radius 2 is 2.24 bits per heavy atom. The van der Waals surface area contributed by atoms with Gasteiger partial charge in [-0.25, -0.2) is 14.2 Å². The van der Waals surface area contributed by atoms with Crippen molar-refractivity contribution in [3.05, 3.63) is 59.3 Å². The molecule has 192 valence electrons. The highest BCUT2D eigenvalue weighted by Gasteiger charge is 2.54. The third-order valence-corrected chi connectivity index (χ3v) is 7.76. The molecule has 5 rings (SSSR count). The molecule has 0 unspecified atom stereocenters. The van der Waals surface area contributed by atoms with E-state index in [1.807, 2.05) is 45.9 Å². The number of hydrogen-bond donors (Lipinski definition) is 3. The minimum Gasteiger partial charge on any atom is -0.477 e. The van der Waals surface area contributed by atoms with Crippen LogP contribution in [0.1, 0.15) is 5.69 Å². The summed E-state index contributed by atoms with van der Waals surface area (Å²) in [6.45, 7) is -0.884. The molecule has 3 aromatic rings. The smallest absolute Gasteiger partial charge is 0.352 e. The number of thioether (sulfide) groups is 1. The third kappa shape index (κ3) is 4.74. The number of nitrogens with two attached hydrogens (primary N) is 1. The van der Waals surface area contributed by atoms with Crippen LogP contribution in [0, 0.1) is 0 Å². The van der Waals surface area contributed by atoms with Gasteiger partial charge in [0.2, 0.25) is 0 Å². The molecule has 0 saturated carbocycles. The van der Waals surface area contributed by atoms with Crippen molar-refractivity contribution < 1.29 is 33.3 Å². The van der Waals surface area contributed by atoms with Gasteiger partial charge in [0.15, 0.2) is 29.8 Å². The van der Waals surface area contributed by atoms with Crippen molar-refractivity contribution >= 4 is 57.2 Å². The second-order valence-electron chi connectivity index (χ2n) is 8.09. The summed E-state index contributed by atoms with van der Waals surface area (Å²) in [4.78, 5) is 48.2. The van der Waals surface area contributed by atoms with Gasteiger partial charge in [-0.05, 0) is 12.1 Å². The van der Waals surface area contributed by atoms with Crippen molar-refractivity contribution in [1.29, 1.82) is 0 Å². The maximum absolute atomic E-state index is 13.0. The first-order chi connectivity index (χ1) is 17.9. The molecule has 0 aromatic carbocycles. The predicted octanol–water partition coefficient (Wildman–Crippen LogP) is 0.395. The Labute approximate surface area is 217 Å². The van der Waals surface area contributed by atoms with Crippen LogP contribution < -0.4 is 15.6 Å². The summed E-state index contributed by atoms with van der Waals surface area (Å²) in [5.41, 5.74) is 6.93. The van der Waals surface area contributed by atoms with Gasteiger partial charge in [0.25, 0.3) is 11.8 Å². The van der Waals surface area contributed by atoms with E-state index in [0.717, 1.165) is 16.9 Å². The number of nitrogen functional groups attached to an aromatic ring is 1. The Balaban J connectivity index is 1.34. The number of carboxylic acid groups (broad SMARTS) is 1. The Morgan fingerprint density at radius 1 is 1.41 bits per heavy atom. The summed E-state index contributed by atoms with van der Waals surface area (Å²) >= 11 is 2.42. The maximum atomic E-state index is 13.0. The van der Waals surface area contributed by atoms with Gasteiger partial charge in [0, 0.05) is 22.9 Å². The number of nitrogens with one attached hydrogen (secondary N) is 1. The first-order valence-electron chi connectivity index (χ1n) is 11.0. The van der Waals surface area contributed by atoms with Gasteiger partial charge >= 0.3 is 5.97 Å². The van der Waals surface area contributed by atoms with Crippen LogP contribution in [-0.4, -0.2) is 73.3 Å². The molecule has 0 bridgehead atoms. The summed E-state index contributed by atoms with van der Waals surface area (Å²) in [6, 6.07) is 2.85. The molecule has 12 nitrogen and oxygen atoms in total. The Kier molecular flexibility index (Phi) is 6.80. The molecule has 3 aromatic heterocycles. The number of hydrogen-bond acceptors (Lipinski definition) is 9. The maximum Gasteiger partial charge on any atom is 0.352 e. The van der Waals surface area contributed by atoms with Gasteiger partial charge in [-0.1, -0.05) is 5.16 Å². The number of anilines is 1. The second-order valence-corrected chi connectivity index (χ2v) is 10.1. The van der Waals surface area contributed by atoms with Crippen molar-refractivity contribution in [1.82, 2.24) is 19.6 Å². The van der Waals surface area contributed by atoms with Crippen molar-refractivity contribution in [2.75, 3.05) is 24.8 Å². The van der Waals surface area contributed by atoms with Crippen LogP contribution in [0.4, 0.5) is 9.52 Å². The number of β-lactam (4-membered cyclic amide) rings is 1. The van der Waals surface area contributed by atoms with Crippen LogP contribution >= 0.6 is 23.1 Å². The number of alkyl halides is 1. The van der Waals surface area contributed by atoms with Gasteiger partial charge in [0.1, 0.15) is 41.6 Å². The van der Waals surface area contributed by atoms with E-state index in [9.17, 15) is 23.9 Å². The fraction of sp³-hybridized carbons (Fsp3) is 0.273. The Hall–Kier alpha value is -3.98. The number of aliphatic carboxylic acids is 1. The lowest BCUT2D eigenvalue weighted by Crippen LogP contribution is -2.71. The van der Waals surface area contributed by atoms with E-state index < -0.39 is 35.9 Å². The molecule has 15 heteroatoms. The zero-order valence-corrected chi connectivity index (χ0v) is 20.7. The molecule has 37 heavy (non-hydrogen) atoms. The van der Waals surface area contributed by atoms with Gasteiger partial charge in [-0.2, -0.15) is 4.57 Å². The summed E-state index contributed by atoms with van der Waals surface area (Å²) in [6.07, 6.45) is 7.49. The van der Waals surface area contributed by atoms with Crippen molar-refractivity contribution in [2.45, 2.75) is 18.0 Å². The van der Waals surface area contributed by atoms with E-state index in [0.29, 0.717) is 11.3 Å². The molecule has 5 heterocycles. The SMILES string of the molecule is Nc1nc(/C(=N/OCCF)C(=O)N[C@@H]2C(=O)N3C(C(=O)O)=C(C[n+]4ccn5cccc5c4)CS[C@@H]23)cs1. The number of carbonyl (C=O) groups is 3. The molecule has 1 fully saturated rings. The van der Waals surface area contributed by atoms with Crippen LogP contribution in [0.3, 0.4) is 0 Å². The average molecular weight is 547 g/mol. The normalized spacial score (nSPS) is 19.5. The molecule has 0 radical (unpaired) electrons. The van der Waals surface area contributed by atoms with Crippen molar-refractivity contribution in [3.8, 4) is 0 Å². The highest BCUT2D eigenvalue weighted by Crippen LogP contribution is 2.40. The third-order valence-electron chi connectivity index (χ3n) is 5.74. The van der Waals surface area contributed by atoms with Crippen LogP contribution in [0.25, 0.3) is 5.52 Å². The Morgan fingerprint density at radius 3 is 2.97 bits per heavy atom. The van der Waals surface area contributed by atoms with Gasteiger partial charge < -0.3 is 25.4 Å². The van der Waals surface area contributed by atoms with Crippen LogP contribution in [0.2, 0.25) is 0 Å². The molecular weight excluding hydrogens is 525 g/mol. The zero-order valence-electron chi connectivity index (χ0n) is 19.1.